The highest BCUT2D eigenvalue weighted by atomic mass is 16.5. The van der Waals surface area contributed by atoms with Crippen LogP contribution in [0.4, 0.5) is 5.82 Å². The molecule has 1 aliphatic heterocycles. The molecule has 0 spiro atoms. The summed E-state index contributed by atoms with van der Waals surface area (Å²) < 4.78 is 16.3. The van der Waals surface area contributed by atoms with Gasteiger partial charge in [0.25, 0.3) is 5.78 Å². The number of ketones is 1. The van der Waals surface area contributed by atoms with Crippen molar-refractivity contribution in [3.05, 3.63) is 77.1 Å². The van der Waals surface area contributed by atoms with Gasteiger partial charge < -0.3 is 19.1 Å². The van der Waals surface area contributed by atoms with Gasteiger partial charge in [0.2, 0.25) is 0 Å². The molecule has 0 unspecified atom stereocenters. The SMILES string of the molecule is CCOc1ccc([C@@H]2/C(=C(\O)c3ccc(OC(C)C)cc3)C(=O)C(=O)N2c2cc(C)on2)cc1. The zero-order valence-corrected chi connectivity index (χ0v) is 19.4. The fraction of sp³-hybridized carbons (Fsp3) is 0.269. The molecule has 1 saturated heterocycles. The van der Waals surface area contributed by atoms with Gasteiger partial charge in [0.15, 0.2) is 5.82 Å². The highest BCUT2D eigenvalue weighted by molar-refractivity contribution is 6.51. The number of aromatic nitrogens is 1. The molecule has 0 aliphatic carbocycles. The smallest absolute Gasteiger partial charge is 0.301 e. The van der Waals surface area contributed by atoms with E-state index in [9.17, 15) is 14.7 Å². The predicted octanol–water partition coefficient (Wildman–Crippen LogP) is 4.80. The lowest BCUT2D eigenvalue weighted by atomic mass is 9.95. The number of anilines is 1. The summed E-state index contributed by atoms with van der Waals surface area (Å²) in [6.45, 7) is 7.91. The van der Waals surface area contributed by atoms with E-state index in [1.165, 1.54) is 4.90 Å². The summed E-state index contributed by atoms with van der Waals surface area (Å²) >= 11 is 0. The number of Topliss-reactive ketones (excluding diaryl/α,β-unsaturated/α-hetero) is 1. The normalized spacial score (nSPS) is 17.4. The van der Waals surface area contributed by atoms with Crippen LogP contribution in [0.25, 0.3) is 5.76 Å². The Bertz CT molecular complexity index is 1220. The first-order valence-corrected chi connectivity index (χ1v) is 11.0. The molecule has 0 saturated carbocycles. The van der Waals surface area contributed by atoms with E-state index in [1.807, 2.05) is 20.8 Å². The van der Waals surface area contributed by atoms with Crippen LogP contribution in [-0.2, 0) is 9.59 Å². The molecule has 0 bridgehead atoms. The van der Waals surface area contributed by atoms with Gasteiger partial charge in [-0.2, -0.15) is 0 Å². The highest BCUT2D eigenvalue weighted by Crippen LogP contribution is 2.42. The molecule has 1 atom stereocenters. The van der Waals surface area contributed by atoms with Crippen LogP contribution >= 0.6 is 0 Å². The molecule has 176 valence electrons. The van der Waals surface area contributed by atoms with E-state index in [0.717, 1.165) is 0 Å². The molecule has 1 aliphatic rings. The number of rotatable bonds is 7. The number of aliphatic hydroxyl groups excluding tert-OH is 1. The van der Waals surface area contributed by atoms with Gasteiger partial charge in [-0.25, -0.2) is 0 Å². The molecule has 1 amide bonds. The standard InChI is InChI=1S/C26H26N2O6/c1-5-32-19-10-6-17(7-11-19)23-22(24(29)18-8-12-20(13-9-18)33-15(2)3)25(30)26(31)28(23)21-14-16(4)34-27-21/h6-15,23,29H,5H2,1-4H3/b24-22+/t23-/m1/s1. The van der Waals surface area contributed by atoms with Crippen molar-refractivity contribution in [2.75, 3.05) is 11.5 Å². The Morgan fingerprint density at radius 1 is 1.09 bits per heavy atom. The number of benzene rings is 2. The minimum atomic E-state index is -0.897. The van der Waals surface area contributed by atoms with Gasteiger partial charge in [0.1, 0.15) is 23.0 Å². The third-order valence-electron chi connectivity index (χ3n) is 5.31. The van der Waals surface area contributed by atoms with Crippen LogP contribution in [-0.4, -0.2) is 34.7 Å². The second kappa shape index (κ2) is 9.43. The maximum atomic E-state index is 13.2. The molecule has 34 heavy (non-hydrogen) atoms. The summed E-state index contributed by atoms with van der Waals surface area (Å²) in [5.74, 6) is 0.0831. The maximum absolute atomic E-state index is 13.2. The van der Waals surface area contributed by atoms with Gasteiger partial charge >= 0.3 is 5.91 Å². The number of aliphatic hydroxyl groups is 1. The molecule has 0 radical (unpaired) electrons. The van der Waals surface area contributed by atoms with E-state index in [-0.39, 0.29) is 23.3 Å². The second-order valence-electron chi connectivity index (χ2n) is 8.16. The van der Waals surface area contributed by atoms with Gasteiger partial charge in [0, 0.05) is 11.6 Å². The second-order valence-corrected chi connectivity index (χ2v) is 8.16. The highest BCUT2D eigenvalue weighted by Gasteiger charge is 2.48. The largest absolute Gasteiger partial charge is 0.507 e. The molecule has 1 fully saturated rings. The molecule has 2 heterocycles. The fourth-order valence-corrected chi connectivity index (χ4v) is 3.88. The van der Waals surface area contributed by atoms with Crippen molar-refractivity contribution in [3.63, 3.8) is 0 Å². The summed E-state index contributed by atoms with van der Waals surface area (Å²) in [5, 5.41) is 15.1. The topological polar surface area (TPSA) is 102 Å². The molecule has 8 heteroatoms. The van der Waals surface area contributed by atoms with Crippen LogP contribution in [0.15, 0.2) is 64.7 Å². The molecule has 8 nitrogen and oxygen atoms in total. The monoisotopic (exact) mass is 462 g/mol. The quantitative estimate of drug-likeness (QED) is 0.306. The van der Waals surface area contributed by atoms with Crippen LogP contribution < -0.4 is 14.4 Å². The van der Waals surface area contributed by atoms with Crippen LogP contribution in [0.5, 0.6) is 11.5 Å². The summed E-state index contributed by atoms with van der Waals surface area (Å²) in [6.07, 6.45) is -0.00431. The lowest BCUT2D eigenvalue weighted by molar-refractivity contribution is -0.132. The number of hydrogen-bond donors (Lipinski definition) is 1. The molecule has 4 rings (SSSR count). The predicted molar refractivity (Wildman–Crippen MR) is 126 cm³/mol. The average Bonchev–Trinajstić information content (AvgIpc) is 3.35. The number of amides is 1. The van der Waals surface area contributed by atoms with E-state index in [1.54, 1.807) is 61.5 Å². The van der Waals surface area contributed by atoms with Gasteiger partial charge in [-0.1, -0.05) is 17.3 Å². The van der Waals surface area contributed by atoms with Crippen molar-refractivity contribution >= 4 is 23.3 Å². The number of hydrogen-bond acceptors (Lipinski definition) is 7. The lowest BCUT2D eigenvalue weighted by Crippen LogP contribution is -2.29. The van der Waals surface area contributed by atoms with Crippen molar-refractivity contribution in [2.24, 2.45) is 0 Å². The number of nitrogens with zero attached hydrogens (tertiary/aromatic N) is 2. The van der Waals surface area contributed by atoms with Crippen LogP contribution in [0.1, 0.15) is 43.7 Å². The number of carbonyl (C=O) groups is 2. The summed E-state index contributed by atoms with van der Waals surface area (Å²) in [7, 11) is 0. The summed E-state index contributed by atoms with van der Waals surface area (Å²) in [4.78, 5) is 27.5. The van der Waals surface area contributed by atoms with Crippen LogP contribution in [0, 0.1) is 6.92 Å². The van der Waals surface area contributed by atoms with Crippen molar-refractivity contribution in [1.29, 1.82) is 0 Å². The Morgan fingerprint density at radius 2 is 1.74 bits per heavy atom. The van der Waals surface area contributed by atoms with Crippen molar-refractivity contribution in [3.8, 4) is 11.5 Å². The first kappa shape index (κ1) is 23.1. The molecular weight excluding hydrogens is 436 g/mol. The molecule has 2 aromatic carbocycles. The lowest BCUT2D eigenvalue weighted by Gasteiger charge is -2.23. The minimum absolute atomic E-state index is 0.00431. The average molecular weight is 463 g/mol. The molecule has 1 aromatic heterocycles. The number of aryl methyl sites for hydroxylation is 1. The van der Waals surface area contributed by atoms with Crippen molar-refractivity contribution in [1.82, 2.24) is 5.16 Å². The van der Waals surface area contributed by atoms with E-state index < -0.39 is 17.7 Å². The summed E-state index contributed by atoms with van der Waals surface area (Å²) in [6, 6.07) is 14.4. The Morgan fingerprint density at radius 3 is 2.29 bits per heavy atom. The minimum Gasteiger partial charge on any atom is -0.507 e. The van der Waals surface area contributed by atoms with E-state index in [4.69, 9.17) is 14.0 Å². The molecule has 1 N–H and O–H groups in total. The van der Waals surface area contributed by atoms with Gasteiger partial charge in [-0.05, 0) is 69.7 Å². The van der Waals surface area contributed by atoms with Crippen LogP contribution in [0.3, 0.4) is 0 Å². The fourth-order valence-electron chi connectivity index (χ4n) is 3.88. The van der Waals surface area contributed by atoms with Crippen molar-refractivity contribution in [2.45, 2.75) is 39.8 Å². The third-order valence-corrected chi connectivity index (χ3v) is 5.31. The Labute approximate surface area is 197 Å². The third kappa shape index (κ3) is 4.39. The Hall–Kier alpha value is -4.07. The Kier molecular flexibility index (Phi) is 6.40. The summed E-state index contributed by atoms with van der Waals surface area (Å²) in [5.41, 5.74) is 0.971. The van der Waals surface area contributed by atoms with Crippen molar-refractivity contribution < 1.29 is 28.7 Å². The van der Waals surface area contributed by atoms with E-state index in [0.29, 0.717) is 35.0 Å². The van der Waals surface area contributed by atoms with E-state index in [2.05, 4.69) is 5.16 Å². The molecule has 3 aromatic rings. The number of carbonyl (C=O) groups excluding carboxylic acids is 2. The zero-order chi connectivity index (χ0) is 24.4. The van der Waals surface area contributed by atoms with E-state index >= 15 is 0 Å². The maximum Gasteiger partial charge on any atom is 0.301 e. The van der Waals surface area contributed by atoms with Gasteiger partial charge in [0.05, 0.1) is 24.3 Å². The van der Waals surface area contributed by atoms with Gasteiger partial charge in [-0.15, -0.1) is 0 Å². The van der Waals surface area contributed by atoms with Crippen LogP contribution in [0.2, 0.25) is 0 Å². The Balaban J connectivity index is 1.83. The number of ether oxygens (including phenoxy) is 2. The first-order valence-electron chi connectivity index (χ1n) is 11.0. The molecular formula is C26H26N2O6. The zero-order valence-electron chi connectivity index (χ0n) is 19.4. The van der Waals surface area contributed by atoms with Gasteiger partial charge in [-0.3, -0.25) is 14.5 Å². The first-order chi connectivity index (χ1) is 16.3.